The fourth-order valence-electron chi connectivity index (χ4n) is 1.84. The average Bonchev–Trinajstić information content (AvgIpc) is 2.86. The summed E-state index contributed by atoms with van der Waals surface area (Å²) in [7, 11) is 2.15. The van der Waals surface area contributed by atoms with Gasteiger partial charge in [-0.2, -0.15) is 16.4 Å². The maximum Gasteiger partial charge on any atom is 0.0974 e. The Labute approximate surface area is 100 Å². The van der Waals surface area contributed by atoms with Crippen molar-refractivity contribution in [3.63, 3.8) is 0 Å². The van der Waals surface area contributed by atoms with Gasteiger partial charge < -0.3 is 4.90 Å². The molecule has 4 heteroatoms. The zero-order chi connectivity index (χ0) is 11.4. The quantitative estimate of drug-likeness (QED) is 0.864. The molecule has 0 aromatic carbocycles. The molecule has 2 heterocycles. The molecule has 0 amide bonds. The second kappa shape index (κ2) is 5.27. The average molecular weight is 235 g/mol. The SMILES string of the molecule is CCCN(C)Cc1c[nH]nc1-c1ccsc1. The largest absolute Gasteiger partial charge is 0.302 e. The maximum absolute atomic E-state index is 4.33. The van der Waals surface area contributed by atoms with Gasteiger partial charge in [-0.25, -0.2) is 0 Å². The molecule has 0 saturated carbocycles. The number of hydrogen-bond acceptors (Lipinski definition) is 3. The number of rotatable bonds is 5. The minimum atomic E-state index is 0.954. The monoisotopic (exact) mass is 235 g/mol. The van der Waals surface area contributed by atoms with Crippen LogP contribution in [0.25, 0.3) is 11.3 Å². The highest BCUT2D eigenvalue weighted by Crippen LogP contribution is 2.24. The molecule has 2 aromatic heterocycles. The van der Waals surface area contributed by atoms with Crippen molar-refractivity contribution in [1.29, 1.82) is 0 Å². The third-order valence-corrected chi connectivity index (χ3v) is 3.24. The van der Waals surface area contributed by atoms with Gasteiger partial charge in [0.1, 0.15) is 0 Å². The number of aromatic amines is 1. The van der Waals surface area contributed by atoms with Gasteiger partial charge in [-0.15, -0.1) is 0 Å². The molecular formula is C12H17N3S. The topological polar surface area (TPSA) is 31.9 Å². The molecule has 2 rings (SSSR count). The van der Waals surface area contributed by atoms with Crippen LogP contribution in [0.4, 0.5) is 0 Å². The van der Waals surface area contributed by atoms with Crippen LogP contribution in [0.2, 0.25) is 0 Å². The summed E-state index contributed by atoms with van der Waals surface area (Å²) in [6, 6.07) is 2.12. The molecule has 1 N–H and O–H groups in total. The molecular weight excluding hydrogens is 218 g/mol. The highest BCUT2D eigenvalue weighted by atomic mass is 32.1. The van der Waals surface area contributed by atoms with Crippen molar-refractivity contribution in [2.45, 2.75) is 19.9 Å². The number of H-pyrrole nitrogens is 1. The van der Waals surface area contributed by atoms with Gasteiger partial charge in [0.15, 0.2) is 0 Å². The summed E-state index contributed by atoms with van der Waals surface area (Å²) in [4.78, 5) is 2.32. The van der Waals surface area contributed by atoms with E-state index in [2.05, 4.69) is 45.9 Å². The second-order valence-corrected chi connectivity index (χ2v) is 4.79. The van der Waals surface area contributed by atoms with Crippen LogP contribution in [0.15, 0.2) is 23.0 Å². The maximum atomic E-state index is 4.33. The van der Waals surface area contributed by atoms with Crippen molar-refractivity contribution in [3.8, 4) is 11.3 Å². The third-order valence-electron chi connectivity index (χ3n) is 2.56. The number of nitrogens with zero attached hydrogens (tertiary/aromatic N) is 2. The van der Waals surface area contributed by atoms with Crippen LogP contribution < -0.4 is 0 Å². The van der Waals surface area contributed by atoms with E-state index >= 15 is 0 Å². The molecule has 0 saturated heterocycles. The summed E-state index contributed by atoms with van der Waals surface area (Å²) in [5.74, 6) is 0. The molecule has 0 radical (unpaired) electrons. The van der Waals surface area contributed by atoms with Gasteiger partial charge in [0.2, 0.25) is 0 Å². The van der Waals surface area contributed by atoms with Crippen LogP contribution in [0.3, 0.4) is 0 Å². The fourth-order valence-corrected chi connectivity index (χ4v) is 2.48. The van der Waals surface area contributed by atoms with E-state index in [0.717, 1.165) is 18.8 Å². The van der Waals surface area contributed by atoms with Crippen LogP contribution in [0, 0.1) is 0 Å². The summed E-state index contributed by atoms with van der Waals surface area (Å²) in [5, 5.41) is 11.5. The van der Waals surface area contributed by atoms with E-state index in [-0.39, 0.29) is 0 Å². The molecule has 86 valence electrons. The highest BCUT2D eigenvalue weighted by Gasteiger charge is 2.10. The van der Waals surface area contributed by atoms with Crippen LogP contribution in [-0.2, 0) is 6.54 Å². The Morgan fingerprint density at radius 2 is 2.38 bits per heavy atom. The number of hydrogen-bond donors (Lipinski definition) is 1. The lowest BCUT2D eigenvalue weighted by Gasteiger charge is -2.14. The Balaban J connectivity index is 2.14. The van der Waals surface area contributed by atoms with Gasteiger partial charge in [-0.3, -0.25) is 5.10 Å². The minimum Gasteiger partial charge on any atom is -0.302 e. The van der Waals surface area contributed by atoms with Crippen molar-refractivity contribution in [2.75, 3.05) is 13.6 Å². The summed E-state index contributed by atoms with van der Waals surface area (Å²) in [6.07, 6.45) is 3.18. The fraction of sp³-hybridized carbons (Fsp3) is 0.417. The van der Waals surface area contributed by atoms with Crippen molar-refractivity contribution >= 4 is 11.3 Å². The Kier molecular flexibility index (Phi) is 3.74. The third kappa shape index (κ3) is 2.51. The summed E-state index contributed by atoms with van der Waals surface area (Å²) in [6.45, 7) is 4.27. The van der Waals surface area contributed by atoms with Gasteiger partial charge in [0, 0.05) is 29.2 Å². The lowest BCUT2D eigenvalue weighted by Crippen LogP contribution is -2.18. The minimum absolute atomic E-state index is 0.954. The Bertz CT molecular complexity index is 419. The van der Waals surface area contributed by atoms with Gasteiger partial charge in [-0.1, -0.05) is 6.92 Å². The zero-order valence-corrected chi connectivity index (χ0v) is 10.5. The molecule has 0 bridgehead atoms. The Morgan fingerprint density at radius 3 is 3.06 bits per heavy atom. The first-order chi connectivity index (χ1) is 7.81. The lowest BCUT2D eigenvalue weighted by atomic mass is 10.1. The molecule has 3 nitrogen and oxygen atoms in total. The molecule has 0 spiro atoms. The second-order valence-electron chi connectivity index (χ2n) is 4.01. The Morgan fingerprint density at radius 1 is 1.50 bits per heavy atom. The van der Waals surface area contributed by atoms with E-state index in [0.29, 0.717) is 0 Å². The number of nitrogens with one attached hydrogen (secondary N) is 1. The first-order valence-corrected chi connectivity index (χ1v) is 6.49. The summed E-state index contributed by atoms with van der Waals surface area (Å²) in [5.41, 5.74) is 3.57. The zero-order valence-electron chi connectivity index (χ0n) is 9.73. The first-order valence-electron chi connectivity index (χ1n) is 5.55. The molecule has 0 unspecified atom stereocenters. The molecule has 2 aromatic rings. The van der Waals surface area contributed by atoms with Crippen LogP contribution in [0.1, 0.15) is 18.9 Å². The van der Waals surface area contributed by atoms with E-state index < -0.39 is 0 Å². The predicted octanol–water partition coefficient (Wildman–Crippen LogP) is 2.98. The van der Waals surface area contributed by atoms with Crippen LogP contribution >= 0.6 is 11.3 Å². The molecule has 0 atom stereocenters. The van der Waals surface area contributed by atoms with E-state index in [1.165, 1.54) is 17.5 Å². The van der Waals surface area contributed by atoms with E-state index in [1.54, 1.807) is 11.3 Å². The molecule has 0 aliphatic heterocycles. The van der Waals surface area contributed by atoms with Crippen molar-refractivity contribution in [1.82, 2.24) is 15.1 Å². The molecule has 0 fully saturated rings. The lowest BCUT2D eigenvalue weighted by molar-refractivity contribution is 0.328. The van der Waals surface area contributed by atoms with E-state index in [9.17, 15) is 0 Å². The highest BCUT2D eigenvalue weighted by molar-refractivity contribution is 7.08. The van der Waals surface area contributed by atoms with Crippen LogP contribution in [-0.4, -0.2) is 28.7 Å². The molecule has 16 heavy (non-hydrogen) atoms. The summed E-state index contributed by atoms with van der Waals surface area (Å²) < 4.78 is 0. The summed E-state index contributed by atoms with van der Waals surface area (Å²) >= 11 is 1.71. The van der Waals surface area contributed by atoms with Crippen LogP contribution in [0.5, 0.6) is 0 Å². The van der Waals surface area contributed by atoms with Crippen molar-refractivity contribution < 1.29 is 0 Å². The van der Waals surface area contributed by atoms with Gasteiger partial charge >= 0.3 is 0 Å². The van der Waals surface area contributed by atoms with Crippen molar-refractivity contribution in [3.05, 3.63) is 28.6 Å². The standard InChI is InChI=1S/C12H17N3S/c1-3-5-15(2)8-11-7-13-14-12(11)10-4-6-16-9-10/h4,6-7,9H,3,5,8H2,1-2H3,(H,13,14). The number of thiophene rings is 1. The molecule has 0 aliphatic carbocycles. The normalized spacial score (nSPS) is 11.2. The number of aromatic nitrogens is 2. The van der Waals surface area contributed by atoms with Gasteiger partial charge in [0.25, 0.3) is 0 Å². The van der Waals surface area contributed by atoms with Gasteiger partial charge in [-0.05, 0) is 31.5 Å². The van der Waals surface area contributed by atoms with Crippen molar-refractivity contribution in [2.24, 2.45) is 0 Å². The smallest absolute Gasteiger partial charge is 0.0974 e. The van der Waals surface area contributed by atoms with Gasteiger partial charge in [0.05, 0.1) is 5.69 Å². The van der Waals surface area contributed by atoms with E-state index in [1.807, 2.05) is 6.20 Å². The Hall–Kier alpha value is -1.13. The molecule has 0 aliphatic rings. The predicted molar refractivity (Wildman–Crippen MR) is 68.5 cm³/mol. The first kappa shape index (κ1) is 11.4. The van der Waals surface area contributed by atoms with E-state index in [4.69, 9.17) is 0 Å².